The molecule has 15 heavy (non-hydrogen) atoms. The average Bonchev–Trinajstić information content (AvgIpc) is 2.23. The van der Waals surface area contributed by atoms with Crippen LogP contribution < -0.4 is 0 Å². The Balaban J connectivity index is 2.15. The Morgan fingerprint density at radius 2 is 1.67 bits per heavy atom. The van der Waals surface area contributed by atoms with Gasteiger partial charge in [0.15, 0.2) is 0 Å². The topological polar surface area (TPSA) is 0 Å². The van der Waals surface area contributed by atoms with Crippen molar-refractivity contribution < 1.29 is 0 Å². The first-order valence-corrected chi connectivity index (χ1v) is 6.91. The van der Waals surface area contributed by atoms with Gasteiger partial charge in [-0.3, -0.25) is 0 Å². The molecule has 2 rings (SSSR count). The van der Waals surface area contributed by atoms with Crippen molar-refractivity contribution in [3.05, 3.63) is 0 Å². The van der Waals surface area contributed by atoms with Gasteiger partial charge in [0.05, 0.1) is 0 Å². The van der Waals surface area contributed by atoms with E-state index >= 15 is 0 Å². The molecule has 0 saturated heterocycles. The van der Waals surface area contributed by atoms with Gasteiger partial charge >= 0.3 is 0 Å². The van der Waals surface area contributed by atoms with Crippen LogP contribution in [-0.4, -0.2) is 0 Å². The molecule has 0 aromatic rings. The molecule has 0 aromatic heterocycles. The maximum absolute atomic E-state index is 2.55. The first-order chi connectivity index (χ1) is 6.91. The summed E-state index contributed by atoms with van der Waals surface area (Å²) in [5, 5.41) is 0. The van der Waals surface area contributed by atoms with E-state index in [9.17, 15) is 0 Å². The van der Waals surface area contributed by atoms with E-state index in [0.717, 1.165) is 11.8 Å². The molecule has 2 fully saturated rings. The van der Waals surface area contributed by atoms with Crippen LogP contribution in [0.3, 0.4) is 0 Å². The van der Waals surface area contributed by atoms with E-state index < -0.39 is 0 Å². The first-order valence-electron chi connectivity index (χ1n) is 6.91. The van der Waals surface area contributed by atoms with Crippen molar-refractivity contribution in [1.29, 1.82) is 0 Å². The summed E-state index contributed by atoms with van der Waals surface area (Å²) in [4.78, 5) is 0. The van der Waals surface area contributed by atoms with Gasteiger partial charge in [0, 0.05) is 0 Å². The highest BCUT2D eigenvalue weighted by Crippen LogP contribution is 2.53. The van der Waals surface area contributed by atoms with Gasteiger partial charge in [-0.2, -0.15) is 0 Å². The second kappa shape index (κ2) is 3.79. The Kier molecular flexibility index (Phi) is 2.90. The Morgan fingerprint density at radius 1 is 1.00 bits per heavy atom. The van der Waals surface area contributed by atoms with Gasteiger partial charge in [-0.25, -0.2) is 0 Å². The van der Waals surface area contributed by atoms with Crippen LogP contribution in [0.25, 0.3) is 0 Å². The summed E-state index contributed by atoms with van der Waals surface area (Å²) in [6.07, 6.45) is 10.6. The molecule has 3 atom stereocenters. The molecule has 0 aliphatic heterocycles. The lowest BCUT2D eigenvalue weighted by molar-refractivity contribution is 0.0703. The van der Waals surface area contributed by atoms with E-state index in [0.29, 0.717) is 10.8 Å². The highest BCUT2D eigenvalue weighted by molar-refractivity contribution is 4.93. The molecule has 0 radical (unpaired) electrons. The quantitative estimate of drug-likeness (QED) is 0.524. The molecule has 3 unspecified atom stereocenters. The molecule has 0 heteroatoms. The minimum atomic E-state index is 0.491. The Bertz CT molecular complexity index is 223. The van der Waals surface area contributed by atoms with Crippen molar-refractivity contribution in [2.75, 3.05) is 0 Å². The minimum Gasteiger partial charge on any atom is -0.0597 e. The van der Waals surface area contributed by atoms with E-state index in [-0.39, 0.29) is 0 Å². The lowest BCUT2D eigenvalue weighted by Crippen LogP contribution is -2.33. The summed E-state index contributed by atoms with van der Waals surface area (Å²) in [6.45, 7) is 9.89. The van der Waals surface area contributed by atoms with Gasteiger partial charge in [-0.05, 0) is 48.3 Å². The smallest absolute Gasteiger partial charge is 0.0274 e. The maximum atomic E-state index is 2.55. The SMILES string of the molecule is CC(C)(C)C1(C)CCC2CCCC(C2)C1. The number of fused-ring (bicyclic) bond motifs is 2. The second-order valence-corrected chi connectivity index (χ2v) is 7.45. The molecule has 2 saturated carbocycles. The summed E-state index contributed by atoms with van der Waals surface area (Å²) < 4.78 is 0. The molecule has 2 bridgehead atoms. The van der Waals surface area contributed by atoms with Crippen molar-refractivity contribution in [2.24, 2.45) is 22.7 Å². The fourth-order valence-corrected chi connectivity index (χ4v) is 3.79. The van der Waals surface area contributed by atoms with Gasteiger partial charge in [0.2, 0.25) is 0 Å². The summed E-state index contributed by atoms with van der Waals surface area (Å²) in [5.74, 6) is 2.13. The van der Waals surface area contributed by atoms with Gasteiger partial charge in [0.1, 0.15) is 0 Å². The fourth-order valence-electron chi connectivity index (χ4n) is 3.79. The zero-order valence-corrected chi connectivity index (χ0v) is 11.1. The van der Waals surface area contributed by atoms with Crippen molar-refractivity contribution in [3.63, 3.8) is 0 Å². The summed E-state index contributed by atoms with van der Waals surface area (Å²) in [6, 6.07) is 0. The first kappa shape index (κ1) is 11.5. The predicted molar refractivity (Wildman–Crippen MR) is 66.9 cm³/mol. The van der Waals surface area contributed by atoms with Crippen molar-refractivity contribution in [1.82, 2.24) is 0 Å². The molecule has 0 nitrogen and oxygen atoms in total. The van der Waals surface area contributed by atoms with Gasteiger partial charge in [-0.15, -0.1) is 0 Å². The van der Waals surface area contributed by atoms with Crippen molar-refractivity contribution >= 4 is 0 Å². The normalized spacial score (nSPS) is 42.4. The molecular formula is C15H28. The molecule has 0 spiro atoms. The average molecular weight is 208 g/mol. The van der Waals surface area contributed by atoms with Gasteiger partial charge in [-0.1, -0.05) is 47.0 Å². The zero-order valence-electron chi connectivity index (χ0n) is 11.1. The van der Waals surface area contributed by atoms with Gasteiger partial charge < -0.3 is 0 Å². The third kappa shape index (κ3) is 2.24. The van der Waals surface area contributed by atoms with E-state index in [1.165, 1.54) is 38.5 Å². The van der Waals surface area contributed by atoms with Crippen LogP contribution in [-0.2, 0) is 0 Å². The maximum Gasteiger partial charge on any atom is -0.0274 e. The van der Waals surface area contributed by atoms with Crippen molar-refractivity contribution in [3.8, 4) is 0 Å². The molecule has 0 heterocycles. The standard InChI is InChI=1S/C15H28/c1-14(2,3)15(4)9-8-12-6-5-7-13(10-12)11-15/h12-13H,5-11H2,1-4H3. The van der Waals surface area contributed by atoms with E-state index in [1.807, 2.05) is 0 Å². The van der Waals surface area contributed by atoms with Crippen LogP contribution in [0.4, 0.5) is 0 Å². The van der Waals surface area contributed by atoms with E-state index in [4.69, 9.17) is 0 Å². The van der Waals surface area contributed by atoms with Crippen LogP contribution in [0, 0.1) is 22.7 Å². The zero-order chi connectivity index (χ0) is 11.1. The van der Waals surface area contributed by atoms with E-state index in [1.54, 1.807) is 6.42 Å². The molecule has 2 aliphatic carbocycles. The highest BCUT2D eigenvalue weighted by Gasteiger charge is 2.42. The number of rotatable bonds is 0. The van der Waals surface area contributed by atoms with Crippen LogP contribution in [0.2, 0.25) is 0 Å². The van der Waals surface area contributed by atoms with Crippen LogP contribution in [0.15, 0.2) is 0 Å². The van der Waals surface area contributed by atoms with Crippen LogP contribution in [0.5, 0.6) is 0 Å². The van der Waals surface area contributed by atoms with Crippen LogP contribution in [0.1, 0.15) is 72.6 Å². The summed E-state index contributed by atoms with van der Waals surface area (Å²) >= 11 is 0. The fraction of sp³-hybridized carbons (Fsp3) is 1.00. The third-order valence-electron chi connectivity index (χ3n) is 5.55. The lowest BCUT2D eigenvalue weighted by atomic mass is 9.62. The molecule has 0 amide bonds. The van der Waals surface area contributed by atoms with Crippen LogP contribution >= 0.6 is 0 Å². The van der Waals surface area contributed by atoms with Crippen molar-refractivity contribution in [2.45, 2.75) is 72.6 Å². The largest absolute Gasteiger partial charge is 0.0597 e. The molecule has 0 N–H and O–H groups in total. The Morgan fingerprint density at radius 3 is 2.33 bits per heavy atom. The summed E-state index contributed by atoms with van der Waals surface area (Å²) in [5.41, 5.74) is 1.08. The highest BCUT2D eigenvalue weighted by atomic mass is 14.5. The predicted octanol–water partition coefficient (Wildman–Crippen LogP) is 5.03. The lowest BCUT2D eigenvalue weighted by Gasteiger charge is -2.43. The minimum absolute atomic E-state index is 0.491. The Hall–Kier alpha value is 0. The molecular weight excluding hydrogens is 180 g/mol. The summed E-state index contributed by atoms with van der Waals surface area (Å²) in [7, 11) is 0. The Labute approximate surface area is 95.8 Å². The monoisotopic (exact) mass is 208 g/mol. The van der Waals surface area contributed by atoms with E-state index in [2.05, 4.69) is 27.7 Å². The molecule has 88 valence electrons. The third-order valence-corrected chi connectivity index (χ3v) is 5.55. The number of hydrogen-bond donors (Lipinski definition) is 0. The van der Waals surface area contributed by atoms with Gasteiger partial charge in [0.25, 0.3) is 0 Å². The number of hydrogen-bond acceptors (Lipinski definition) is 0. The molecule has 0 aromatic carbocycles. The second-order valence-electron chi connectivity index (χ2n) is 7.45. The molecule has 2 aliphatic rings.